The van der Waals surface area contributed by atoms with Crippen LogP contribution in [0.25, 0.3) is 0 Å². The van der Waals surface area contributed by atoms with E-state index in [2.05, 4.69) is 5.32 Å². The molecule has 5 heteroatoms. The van der Waals surface area contributed by atoms with Gasteiger partial charge in [0.15, 0.2) is 0 Å². The summed E-state index contributed by atoms with van der Waals surface area (Å²) in [6, 6.07) is 14.3. The molecule has 0 aromatic heterocycles. The Balaban J connectivity index is 1.88. The quantitative estimate of drug-likeness (QED) is 0.759. The molecule has 1 aliphatic carbocycles. The number of allylic oxidation sites excluding steroid dienone is 2. The van der Waals surface area contributed by atoms with E-state index in [0.717, 1.165) is 0 Å². The van der Waals surface area contributed by atoms with E-state index in [4.69, 9.17) is 9.47 Å². The van der Waals surface area contributed by atoms with Crippen LogP contribution in [0.3, 0.4) is 0 Å². The molecular weight excluding hydrogens is 333 g/mol. The molecule has 0 heterocycles. The van der Waals surface area contributed by atoms with E-state index in [0.29, 0.717) is 22.7 Å². The highest BCUT2D eigenvalue weighted by molar-refractivity contribution is 5.96. The lowest BCUT2D eigenvalue weighted by Crippen LogP contribution is -2.26. The summed E-state index contributed by atoms with van der Waals surface area (Å²) < 4.78 is 24.1. The van der Waals surface area contributed by atoms with Crippen LogP contribution in [0, 0.1) is 5.92 Å². The fraction of sp³-hybridized carbons (Fsp3) is 0.190. The molecule has 2 aromatic carbocycles. The number of carbonyl (C=O) groups is 1. The third kappa shape index (κ3) is 4.11. The minimum atomic E-state index is -0.451. The van der Waals surface area contributed by atoms with Gasteiger partial charge in [-0.15, -0.1) is 0 Å². The first-order chi connectivity index (χ1) is 12.6. The first kappa shape index (κ1) is 17.7. The standard InChI is InChI=1S/C21H20FNO3/c1-14-12-15(22)8-11-19(14)23-20-13-17(9-10-18(20)21(24)25-2)26-16-6-4-3-5-7-16/h3-14,19,23H,1-2H3. The summed E-state index contributed by atoms with van der Waals surface area (Å²) in [7, 11) is 1.34. The van der Waals surface area contributed by atoms with Crippen molar-refractivity contribution >= 4 is 11.7 Å². The SMILES string of the molecule is COC(=O)c1ccc(Oc2ccccc2)cc1NC1C=CC(F)=CC1C. The van der Waals surface area contributed by atoms with Gasteiger partial charge < -0.3 is 14.8 Å². The predicted octanol–water partition coefficient (Wildman–Crippen LogP) is 5.11. The first-order valence-corrected chi connectivity index (χ1v) is 8.34. The number of methoxy groups -OCH3 is 1. The van der Waals surface area contributed by atoms with Gasteiger partial charge in [-0.25, -0.2) is 9.18 Å². The number of hydrogen-bond donors (Lipinski definition) is 1. The molecule has 0 fully saturated rings. The summed E-state index contributed by atoms with van der Waals surface area (Å²) in [4.78, 5) is 12.1. The molecule has 3 rings (SSSR count). The fourth-order valence-corrected chi connectivity index (χ4v) is 2.76. The van der Waals surface area contributed by atoms with Crippen molar-refractivity contribution in [2.24, 2.45) is 5.92 Å². The molecule has 1 aliphatic rings. The molecule has 0 amide bonds. The van der Waals surface area contributed by atoms with Gasteiger partial charge in [-0.3, -0.25) is 0 Å². The molecule has 26 heavy (non-hydrogen) atoms. The second-order valence-corrected chi connectivity index (χ2v) is 6.05. The molecule has 0 bridgehead atoms. The number of benzene rings is 2. The Morgan fingerprint density at radius 1 is 1.12 bits per heavy atom. The summed E-state index contributed by atoms with van der Waals surface area (Å²) in [6.07, 6.45) is 4.70. The molecule has 0 radical (unpaired) electrons. The van der Waals surface area contributed by atoms with Crippen molar-refractivity contribution in [1.82, 2.24) is 0 Å². The van der Waals surface area contributed by atoms with Gasteiger partial charge in [-0.1, -0.05) is 31.2 Å². The highest BCUT2D eigenvalue weighted by atomic mass is 19.1. The number of para-hydroxylation sites is 1. The number of anilines is 1. The van der Waals surface area contributed by atoms with Crippen molar-refractivity contribution in [2.75, 3.05) is 12.4 Å². The van der Waals surface area contributed by atoms with Crippen LogP contribution in [0.1, 0.15) is 17.3 Å². The maximum Gasteiger partial charge on any atom is 0.339 e. The van der Waals surface area contributed by atoms with E-state index >= 15 is 0 Å². The third-order valence-corrected chi connectivity index (χ3v) is 4.15. The van der Waals surface area contributed by atoms with Gasteiger partial charge in [0.2, 0.25) is 0 Å². The summed E-state index contributed by atoms with van der Waals surface area (Å²) in [5, 5.41) is 3.28. The predicted molar refractivity (Wildman–Crippen MR) is 99.2 cm³/mol. The van der Waals surface area contributed by atoms with E-state index < -0.39 is 5.97 Å². The third-order valence-electron chi connectivity index (χ3n) is 4.15. The van der Waals surface area contributed by atoms with Crippen LogP contribution >= 0.6 is 0 Å². The molecule has 0 saturated heterocycles. The van der Waals surface area contributed by atoms with Crippen LogP contribution in [0.2, 0.25) is 0 Å². The molecular formula is C21H20FNO3. The lowest BCUT2D eigenvalue weighted by molar-refractivity contribution is 0.0601. The van der Waals surface area contributed by atoms with Crippen LogP contribution < -0.4 is 10.1 Å². The molecule has 2 atom stereocenters. The van der Waals surface area contributed by atoms with Crippen molar-refractivity contribution in [3.05, 3.63) is 78.1 Å². The van der Waals surface area contributed by atoms with Gasteiger partial charge in [0.25, 0.3) is 0 Å². The molecule has 0 saturated carbocycles. The summed E-state index contributed by atoms with van der Waals surface area (Å²) >= 11 is 0. The van der Waals surface area contributed by atoms with Gasteiger partial charge in [0.1, 0.15) is 17.3 Å². The van der Waals surface area contributed by atoms with Crippen molar-refractivity contribution < 1.29 is 18.7 Å². The number of ether oxygens (including phenoxy) is 2. The van der Waals surface area contributed by atoms with Crippen LogP contribution in [0.4, 0.5) is 10.1 Å². The second-order valence-electron chi connectivity index (χ2n) is 6.05. The summed E-state index contributed by atoms with van der Waals surface area (Å²) in [5.74, 6) is 0.503. The Kier molecular flexibility index (Phi) is 5.37. The van der Waals surface area contributed by atoms with Gasteiger partial charge >= 0.3 is 5.97 Å². The van der Waals surface area contributed by atoms with E-state index in [1.807, 2.05) is 37.3 Å². The Labute approximate surface area is 151 Å². The van der Waals surface area contributed by atoms with E-state index in [1.54, 1.807) is 30.4 Å². The van der Waals surface area contributed by atoms with Gasteiger partial charge in [-0.05, 0) is 36.4 Å². The summed E-state index contributed by atoms with van der Waals surface area (Å²) in [5.41, 5.74) is 0.964. The van der Waals surface area contributed by atoms with Crippen molar-refractivity contribution in [3.8, 4) is 11.5 Å². The Bertz CT molecular complexity index is 846. The lowest BCUT2D eigenvalue weighted by atomic mass is 9.96. The normalized spacial score (nSPS) is 18.8. The zero-order chi connectivity index (χ0) is 18.5. The molecule has 2 unspecified atom stereocenters. The molecule has 2 aromatic rings. The fourth-order valence-electron chi connectivity index (χ4n) is 2.76. The first-order valence-electron chi connectivity index (χ1n) is 8.34. The van der Waals surface area contributed by atoms with Crippen molar-refractivity contribution in [2.45, 2.75) is 13.0 Å². The Morgan fingerprint density at radius 2 is 1.88 bits per heavy atom. The largest absolute Gasteiger partial charge is 0.465 e. The zero-order valence-electron chi connectivity index (χ0n) is 14.6. The average Bonchev–Trinajstić information content (AvgIpc) is 2.64. The minimum Gasteiger partial charge on any atom is -0.465 e. The number of esters is 1. The van der Waals surface area contributed by atoms with Crippen LogP contribution in [0.15, 0.2) is 72.6 Å². The van der Waals surface area contributed by atoms with Crippen molar-refractivity contribution in [1.29, 1.82) is 0 Å². The lowest BCUT2D eigenvalue weighted by Gasteiger charge is -2.24. The number of nitrogens with one attached hydrogen (secondary N) is 1. The Hall–Kier alpha value is -3.08. The zero-order valence-corrected chi connectivity index (χ0v) is 14.6. The van der Waals surface area contributed by atoms with Gasteiger partial charge in [0.05, 0.1) is 24.4 Å². The number of carbonyl (C=O) groups excluding carboxylic acids is 1. The summed E-state index contributed by atoms with van der Waals surface area (Å²) in [6.45, 7) is 1.91. The highest BCUT2D eigenvalue weighted by Crippen LogP contribution is 2.30. The molecule has 0 aliphatic heterocycles. The maximum atomic E-state index is 13.4. The average molecular weight is 353 g/mol. The van der Waals surface area contributed by atoms with Crippen molar-refractivity contribution in [3.63, 3.8) is 0 Å². The maximum absolute atomic E-state index is 13.4. The van der Waals surface area contributed by atoms with Gasteiger partial charge in [0, 0.05) is 12.0 Å². The van der Waals surface area contributed by atoms with E-state index in [9.17, 15) is 9.18 Å². The molecule has 4 nitrogen and oxygen atoms in total. The number of rotatable bonds is 5. The van der Waals surface area contributed by atoms with Crippen LogP contribution in [-0.2, 0) is 4.74 Å². The second kappa shape index (κ2) is 7.87. The van der Waals surface area contributed by atoms with E-state index in [1.165, 1.54) is 13.2 Å². The highest BCUT2D eigenvalue weighted by Gasteiger charge is 2.20. The smallest absolute Gasteiger partial charge is 0.339 e. The van der Waals surface area contributed by atoms with E-state index in [-0.39, 0.29) is 17.8 Å². The van der Waals surface area contributed by atoms with Crippen LogP contribution in [0.5, 0.6) is 11.5 Å². The number of halogens is 1. The van der Waals surface area contributed by atoms with Crippen LogP contribution in [-0.4, -0.2) is 19.1 Å². The number of hydrogen-bond acceptors (Lipinski definition) is 4. The van der Waals surface area contributed by atoms with Gasteiger partial charge in [-0.2, -0.15) is 0 Å². The molecule has 0 spiro atoms. The molecule has 1 N–H and O–H groups in total. The minimum absolute atomic E-state index is 0.0656. The Morgan fingerprint density at radius 3 is 2.58 bits per heavy atom. The monoisotopic (exact) mass is 353 g/mol. The topological polar surface area (TPSA) is 47.6 Å². The molecule has 134 valence electrons.